The Morgan fingerprint density at radius 1 is 0.900 bits per heavy atom. The van der Waals surface area contributed by atoms with E-state index >= 15 is 0 Å². The molecule has 1 aromatic heterocycles. The number of rotatable bonds is 5. The van der Waals surface area contributed by atoms with Crippen LogP contribution < -0.4 is 0 Å². The van der Waals surface area contributed by atoms with Gasteiger partial charge < -0.3 is 5.11 Å². The number of carboxylic acids is 1. The summed E-state index contributed by atoms with van der Waals surface area (Å²) in [5.74, 6) is 0.192. The summed E-state index contributed by atoms with van der Waals surface area (Å²) in [5.41, 5.74) is 6.20. The Kier molecular flexibility index (Phi) is 6.61. The average molecular weight is 405 g/mol. The molecule has 4 heteroatoms. The normalized spacial score (nSPS) is 19.6. The van der Waals surface area contributed by atoms with Crippen LogP contribution in [0.4, 0.5) is 0 Å². The molecule has 1 aromatic carbocycles. The Balaban J connectivity index is 1.71. The molecule has 2 aliphatic carbocycles. The van der Waals surface area contributed by atoms with Gasteiger partial charge in [-0.2, -0.15) is 0 Å². The lowest BCUT2D eigenvalue weighted by molar-refractivity contribution is -0.131. The molecular weight excluding hydrogens is 372 g/mol. The van der Waals surface area contributed by atoms with E-state index in [-0.39, 0.29) is 0 Å². The van der Waals surface area contributed by atoms with Gasteiger partial charge in [-0.25, -0.2) is 14.8 Å². The van der Waals surface area contributed by atoms with E-state index in [2.05, 4.69) is 12.1 Å². The SMILES string of the molecule is CC(/C=C/c1ccc2nc(C3CCCCC3)c(C3CCCCC3)nc2c1)=C\C(=O)O. The Labute approximate surface area is 179 Å². The van der Waals surface area contributed by atoms with Crippen molar-refractivity contribution in [3.8, 4) is 0 Å². The molecule has 158 valence electrons. The first-order chi connectivity index (χ1) is 14.6. The zero-order chi connectivity index (χ0) is 20.9. The van der Waals surface area contributed by atoms with Crippen LogP contribution >= 0.6 is 0 Å². The number of aliphatic carboxylic acids is 1. The number of benzene rings is 1. The molecule has 0 atom stereocenters. The van der Waals surface area contributed by atoms with Crippen molar-refractivity contribution in [2.45, 2.75) is 83.0 Å². The molecule has 30 heavy (non-hydrogen) atoms. The Bertz CT molecular complexity index is 964. The first kappa shape index (κ1) is 20.8. The highest BCUT2D eigenvalue weighted by Crippen LogP contribution is 2.40. The molecule has 2 aliphatic rings. The van der Waals surface area contributed by atoms with Gasteiger partial charge in [0.2, 0.25) is 0 Å². The number of carbonyl (C=O) groups is 1. The zero-order valence-electron chi connectivity index (χ0n) is 17.9. The highest BCUT2D eigenvalue weighted by Gasteiger charge is 2.27. The van der Waals surface area contributed by atoms with Crippen molar-refractivity contribution >= 4 is 23.1 Å². The molecule has 1 heterocycles. The Morgan fingerprint density at radius 2 is 1.47 bits per heavy atom. The maximum Gasteiger partial charge on any atom is 0.328 e. The zero-order valence-corrected chi connectivity index (χ0v) is 17.9. The molecule has 0 radical (unpaired) electrons. The van der Waals surface area contributed by atoms with Crippen LogP contribution in [0.15, 0.2) is 35.9 Å². The molecular formula is C26H32N2O2. The van der Waals surface area contributed by atoms with Gasteiger partial charge in [-0.3, -0.25) is 0 Å². The number of carboxylic acid groups (broad SMARTS) is 1. The quantitative estimate of drug-likeness (QED) is 0.441. The van der Waals surface area contributed by atoms with Crippen LogP contribution in [0.2, 0.25) is 0 Å². The fraction of sp³-hybridized carbons (Fsp3) is 0.500. The van der Waals surface area contributed by atoms with Crippen LogP contribution in [-0.4, -0.2) is 21.0 Å². The van der Waals surface area contributed by atoms with E-state index in [1.807, 2.05) is 18.2 Å². The lowest BCUT2D eigenvalue weighted by Crippen LogP contribution is -2.16. The third kappa shape index (κ3) is 4.97. The van der Waals surface area contributed by atoms with Crippen molar-refractivity contribution in [1.82, 2.24) is 9.97 Å². The topological polar surface area (TPSA) is 63.1 Å². The van der Waals surface area contributed by atoms with Gasteiger partial charge in [-0.1, -0.05) is 56.7 Å². The van der Waals surface area contributed by atoms with Crippen molar-refractivity contribution in [3.63, 3.8) is 0 Å². The van der Waals surface area contributed by atoms with Crippen LogP contribution in [0.1, 0.15) is 99.9 Å². The van der Waals surface area contributed by atoms with Crippen LogP contribution in [0, 0.1) is 0 Å². The summed E-state index contributed by atoms with van der Waals surface area (Å²) < 4.78 is 0. The smallest absolute Gasteiger partial charge is 0.328 e. The minimum atomic E-state index is -0.922. The highest BCUT2D eigenvalue weighted by molar-refractivity contribution is 5.82. The van der Waals surface area contributed by atoms with Gasteiger partial charge in [0.15, 0.2) is 0 Å². The van der Waals surface area contributed by atoms with Gasteiger partial charge in [0.25, 0.3) is 0 Å². The lowest BCUT2D eigenvalue weighted by atomic mass is 9.80. The van der Waals surface area contributed by atoms with Gasteiger partial charge in [-0.05, 0) is 55.9 Å². The lowest BCUT2D eigenvalue weighted by Gasteiger charge is -2.28. The highest BCUT2D eigenvalue weighted by atomic mass is 16.4. The summed E-state index contributed by atoms with van der Waals surface area (Å²) in [7, 11) is 0. The van der Waals surface area contributed by atoms with Gasteiger partial charge in [0.05, 0.1) is 22.4 Å². The van der Waals surface area contributed by atoms with Gasteiger partial charge in [-0.15, -0.1) is 0 Å². The van der Waals surface area contributed by atoms with E-state index in [1.54, 1.807) is 6.92 Å². The molecule has 2 saturated carbocycles. The Morgan fingerprint density at radius 3 is 2.03 bits per heavy atom. The number of nitrogens with zero attached hydrogens (tertiary/aromatic N) is 2. The molecule has 0 spiro atoms. The molecule has 0 saturated heterocycles. The van der Waals surface area contributed by atoms with Gasteiger partial charge in [0, 0.05) is 17.9 Å². The van der Waals surface area contributed by atoms with Crippen molar-refractivity contribution < 1.29 is 9.90 Å². The second-order valence-corrected chi connectivity index (χ2v) is 8.97. The van der Waals surface area contributed by atoms with Crippen LogP contribution in [0.25, 0.3) is 17.1 Å². The standard InChI is InChI=1S/C26H32N2O2/c1-18(16-24(29)30)12-13-19-14-15-22-23(17-19)28-26(21-10-6-3-7-11-21)25(27-22)20-8-4-2-5-9-20/h12-17,20-21H,2-11H2,1H3,(H,29,30)/b13-12+,18-16+. The monoisotopic (exact) mass is 404 g/mol. The van der Waals surface area contributed by atoms with Crippen molar-refractivity contribution in [2.24, 2.45) is 0 Å². The van der Waals surface area contributed by atoms with E-state index in [1.165, 1.54) is 81.7 Å². The van der Waals surface area contributed by atoms with Crippen LogP contribution in [-0.2, 0) is 4.79 Å². The second-order valence-electron chi connectivity index (χ2n) is 8.97. The summed E-state index contributed by atoms with van der Waals surface area (Å²) in [6, 6.07) is 6.20. The largest absolute Gasteiger partial charge is 0.478 e. The van der Waals surface area contributed by atoms with Gasteiger partial charge >= 0.3 is 5.97 Å². The predicted octanol–water partition coefficient (Wildman–Crippen LogP) is 6.77. The molecule has 0 unspecified atom stereocenters. The van der Waals surface area contributed by atoms with Crippen molar-refractivity contribution in [1.29, 1.82) is 0 Å². The van der Waals surface area contributed by atoms with Gasteiger partial charge in [0.1, 0.15) is 0 Å². The summed E-state index contributed by atoms with van der Waals surface area (Å²) in [6.45, 7) is 1.79. The fourth-order valence-corrected chi connectivity index (χ4v) is 5.03. The third-order valence-corrected chi connectivity index (χ3v) is 6.62. The van der Waals surface area contributed by atoms with E-state index in [4.69, 9.17) is 15.1 Å². The summed E-state index contributed by atoms with van der Waals surface area (Å²) in [6.07, 6.45) is 17.9. The van der Waals surface area contributed by atoms with Crippen molar-refractivity contribution in [3.05, 3.63) is 52.9 Å². The summed E-state index contributed by atoms with van der Waals surface area (Å²) in [5, 5.41) is 8.88. The maximum atomic E-state index is 10.8. The molecule has 2 aromatic rings. The predicted molar refractivity (Wildman–Crippen MR) is 122 cm³/mol. The van der Waals surface area contributed by atoms with Crippen LogP contribution in [0.3, 0.4) is 0 Å². The van der Waals surface area contributed by atoms with E-state index in [0.717, 1.165) is 16.6 Å². The first-order valence-corrected chi connectivity index (χ1v) is 11.5. The number of hydrogen-bond donors (Lipinski definition) is 1. The summed E-state index contributed by atoms with van der Waals surface area (Å²) >= 11 is 0. The fourth-order valence-electron chi connectivity index (χ4n) is 5.03. The molecule has 4 nitrogen and oxygen atoms in total. The molecule has 1 N–H and O–H groups in total. The average Bonchev–Trinajstić information content (AvgIpc) is 2.77. The minimum Gasteiger partial charge on any atom is -0.478 e. The van der Waals surface area contributed by atoms with E-state index in [9.17, 15) is 4.79 Å². The van der Waals surface area contributed by atoms with Crippen LogP contribution in [0.5, 0.6) is 0 Å². The second kappa shape index (κ2) is 9.55. The minimum absolute atomic E-state index is 0.549. The Hall–Kier alpha value is -2.49. The molecule has 0 aliphatic heterocycles. The van der Waals surface area contributed by atoms with E-state index < -0.39 is 5.97 Å². The number of allylic oxidation sites excluding steroid dienone is 2. The number of fused-ring (bicyclic) bond motifs is 1. The van der Waals surface area contributed by atoms with E-state index in [0.29, 0.717) is 17.4 Å². The number of hydrogen-bond acceptors (Lipinski definition) is 3. The molecule has 2 fully saturated rings. The first-order valence-electron chi connectivity index (χ1n) is 11.5. The molecule has 0 amide bonds. The third-order valence-electron chi connectivity index (χ3n) is 6.62. The number of aromatic nitrogens is 2. The summed E-state index contributed by atoms with van der Waals surface area (Å²) in [4.78, 5) is 21.2. The molecule has 0 bridgehead atoms. The maximum absolute atomic E-state index is 10.8. The molecule has 4 rings (SSSR count). The van der Waals surface area contributed by atoms with Crippen molar-refractivity contribution in [2.75, 3.05) is 0 Å².